The fourth-order valence-corrected chi connectivity index (χ4v) is 1.86. The number of nitrogens with zero attached hydrogens (tertiary/aromatic N) is 1. The first kappa shape index (κ1) is 10.4. The number of amides is 1. The summed E-state index contributed by atoms with van der Waals surface area (Å²) in [6.45, 7) is 0.734. The third-order valence-corrected chi connectivity index (χ3v) is 2.93. The van der Waals surface area contributed by atoms with Gasteiger partial charge in [-0.3, -0.25) is 15.0 Å². The fraction of sp³-hybridized carbons (Fsp3) is 0.800. The lowest BCUT2D eigenvalue weighted by atomic mass is 10.2. The highest BCUT2D eigenvalue weighted by atomic mass is 16.5. The van der Waals surface area contributed by atoms with Crippen molar-refractivity contribution in [3.8, 4) is 0 Å². The average molecular weight is 212 g/mol. The van der Waals surface area contributed by atoms with Gasteiger partial charge in [0.15, 0.2) is 0 Å². The quantitative estimate of drug-likeness (QED) is 0.672. The van der Waals surface area contributed by atoms with Gasteiger partial charge in [-0.2, -0.15) is 0 Å². The Morgan fingerprint density at radius 2 is 2.07 bits per heavy atom. The number of carbonyl (C=O) groups is 2. The van der Waals surface area contributed by atoms with Crippen LogP contribution in [0.2, 0.25) is 0 Å². The van der Waals surface area contributed by atoms with Crippen LogP contribution in [0.4, 0.5) is 0 Å². The molecule has 1 N–H and O–H groups in total. The summed E-state index contributed by atoms with van der Waals surface area (Å²) in [5, 5.41) is 1.71. The van der Waals surface area contributed by atoms with E-state index in [4.69, 9.17) is 4.74 Å². The van der Waals surface area contributed by atoms with Crippen molar-refractivity contribution >= 4 is 11.9 Å². The molecule has 1 amide bonds. The van der Waals surface area contributed by atoms with E-state index >= 15 is 0 Å². The maximum atomic E-state index is 11.5. The second-order valence-electron chi connectivity index (χ2n) is 4.12. The molecule has 0 aromatic rings. The normalized spacial score (nSPS) is 26.3. The van der Waals surface area contributed by atoms with Gasteiger partial charge in [-0.25, -0.2) is 5.01 Å². The Hall–Kier alpha value is -1.10. The lowest BCUT2D eigenvalue weighted by molar-refractivity contribution is -0.148. The Balaban J connectivity index is 1.89. The molecule has 1 aliphatic heterocycles. The molecule has 15 heavy (non-hydrogen) atoms. The highest BCUT2D eigenvalue weighted by Crippen LogP contribution is 2.29. The van der Waals surface area contributed by atoms with Gasteiger partial charge in [0.1, 0.15) is 6.04 Å². The van der Waals surface area contributed by atoms with Gasteiger partial charge >= 0.3 is 5.97 Å². The Kier molecular flexibility index (Phi) is 2.90. The van der Waals surface area contributed by atoms with Crippen LogP contribution in [0.5, 0.6) is 0 Å². The van der Waals surface area contributed by atoms with Gasteiger partial charge in [0.25, 0.3) is 0 Å². The molecule has 1 saturated heterocycles. The summed E-state index contributed by atoms with van der Waals surface area (Å²) in [7, 11) is 1.38. The summed E-state index contributed by atoms with van der Waals surface area (Å²) in [6.07, 6.45) is 3.63. The lowest BCUT2D eigenvalue weighted by Crippen LogP contribution is -2.49. The van der Waals surface area contributed by atoms with Crippen LogP contribution in [0.15, 0.2) is 0 Å². The van der Waals surface area contributed by atoms with Crippen LogP contribution < -0.4 is 5.43 Å². The van der Waals surface area contributed by atoms with Crippen LogP contribution in [-0.4, -0.2) is 36.6 Å². The van der Waals surface area contributed by atoms with Crippen molar-refractivity contribution in [2.24, 2.45) is 5.92 Å². The summed E-state index contributed by atoms with van der Waals surface area (Å²) >= 11 is 0. The third kappa shape index (κ3) is 2.28. The zero-order chi connectivity index (χ0) is 10.8. The maximum absolute atomic E-state index is 11.5. The van der Waals surface area contributed by atoms with Crippen molar-refractivity contribution in [2.45, 2.75) is 31.7 Å². The number of ether oxygens (including phenoxy) is 1. The molecule has 0 bridgehead atoms. The Morgan fingerprint density at radius 1 is 1.33 bits per heavy atom. The molecule has 2 fully saturated rings. The van der Waals surface area contributed by atoms with E-state index in [1.54, 1.807) is 5.01 Å². The average Bonchev–Trinajstić information content (AvgIpc) is 2.99. The second-order valence-corrected chi connectivity index (χ2v) is 4.12. The molecule has 1 unspecified atom stereocenters. The minimum atomic E-state index is -0.294. The van der Waals surface area contributed by atoms with Gasteiger partial charge < -0.3 is 4.74 Å². The van der Waals surface area contributed by atoms with Crippen LogP contribution in [-0.2, 0) is 14.3 Å². The summed E-state index contributed by atoms with van der Waals surface area (Å²) in [4.78, 5) is 22.9. The first-order chi connectivity index (χ1) is 7.22. The SMILES string of the molecule is COC(=O)C1CCCN1NC(=O)C1CC1. The summed E-state index contributed by atoms with van der Waals surface area (Å²) in [5.74, 6) is -0.0432. The molecule has 2 aliphatic rings. The van der Waals surface area contributed by atoms with Gasteiger partial charge in [-0.1, -0.05) is 0 Å². The largest absolute Gasteiger partial charge is 0.468 e. The first-order valence-electron chi connectivity index (χ1n) is 5.37. The van der Waals surface area contributed by atoms with Crippen LogP contribution in [0, 0.1) is 5.92 Å². The molecule has 5 nitrogen and oxygen atoms in total. The van der Waals surface area contributed by atoms with E-state index in [9.17, 15) is 9.59 Å². The number of hydrogen-bond donors (Lipinski definition) is 1. The number of carbonyl (C=O) groups excluding carboxylic acids is 2. The first-order valence-corrected chi connectivity index (χ1v) is 5.37. The fourth-order valence-electron chi connectivity index (χ4n) is 1.86. The van der Waals surface area contributed by atoms with E-state index < -0.39 is 0 Å². The van der Waals surface area contributed by atoms with E-state index in [1.165, 1.54) is 7.11 Å². The molecule has 0 aromatic carbocycles. The summed E-state index contributed by atoms with van der Waals surface area (Å²) in [5.41, 5.74) is 2.80. The Bertz CT molecular complexity index is 276. The number of hydrogen-bond acceptors (Lipinski definition) is 4. The van der Waals surface area contributed by atoms with E-state index in [1.807, 2.05) is 0 Å². The van der Waals surface area contributed by atoms with Crippen LogP contribution in [0.3, 0.4) is 0 Å². The molecule has 5 heteroatoms. The van der Waals surface area contributed by atoms with Crippen molar-refractivity contribution in [2.75, 3.05) is 13.7 Å². The highest BCUT2D eigenvalue weighted by Gasteiger charge is 2.36. The van der Waals surface area contributed by atoms with E-state index in [0.29, 0.717) is 0 Å². The molecule has 0 radical (unpaired) electrons. The standard InChI is InChI=1S/C10H16N2O3/c1-15-10(14)8-3-2-6-12(8)11-9(13)7-4-5-7/h7-8H,2-6H2,1H3,(H,11,13). The minimum absolute atomic E-state index is 0.0470. The predicted octanol–water partition coefficient (Wildman–Crippen LogP) is 0.0650. The monoisotopic (exact) mass is 212 g/mol. The molecule has 0 spiro atoms. The zero-order valence-corrected chi connectivity index (χ0v) is 8.86. The topological polar surface area (TPSA) is 58.6 Å². The van der Waals surface area contributed by atoms with Gasteiger partial charge in [0, 0.05) is 12.5 Å². The lowest BCUT2D eigenvalue weighted by Gasteiger charge is -2.22. The molecule has 1 heterocycles. The highest BCUT2D eigenvalue weighted by molar-refractivity contribution is 5.81. The third-order valence-electron chi connectivity index (χ3n) is 2.93. The number of hydrazine groups is 1. The molecule has 1 saturated carbocycles. The van der Waals surface area contributed by atoms with E-state index in [2.05, 4.69) is 5.43 Å². The van der Waals surface area contributed by atoms with Crippen molar-refractivity contribution in [1.29, 1.82) is 0 Å². The van der Waals surface area contributed by atoms with Crippen LogP contribution in [0.25, 0.3) is 0 Å². The predicted molar refractivity (Wildman–Crippen MR) is 52.6 cm³/mol. The van der Waals surface area contributed by atoms with Gasteiger partial charge in [-0.15, -0.1) is 0 Å². The molecular weight excluding hydrogens is 196 g/mol. The molecule has 1 aliphatic carbocycles. The van der Waals surface area contributed by atoms with Crippen molar-refractivity contribution in [3.63, 3.8) is 0 Å². The van der Waals surface area contributed by atoms with E-state index in [0.717, 1.165) is 32.2 Å². The molecule has 0 aromatic heterocycles. The van der Waals surface area contributed by atoms with Crippen LogP contribution in [0.1, 0.15) is 25.7 Å². The number of nitrogens with one attached hydrogen (secondary N) is 1. The smallest absolute Gasteiger partial charge is 0.324 e. The summed E-state index contributed by atoms with van der Waals surface area (Å²) in [6, 6.07) is -0.294. The van der Waals surface area contributed by atoms with E-state index in [-0.39, 0.29) is 23.8 Å². The Labute approximate surface area is 88.7 Å². The van der Waals surface area contributed by atoms with Crippen LogP contribution >= 0.6 is 0 Å². The van der Waals surface area contributed by atoms with Crippen molar-refractivity contribution in [3.05, 3.63) is 0 Å². The number of rotatable bonds is 3. The molecular formula is C10H16N2O3. The number of esters is 1. The maximum Gasteiger partial charge on any atom is 0.324 e. The van der Waals surface area contributed by atoms with Gasteiger partial charge in [0.05, 0.1) is 7.11 Å². The second kappa shape index (κ2) is 4.18. The summed E-state index contributed by atoms with van der Waals surface area (Å²) < 4.78 is 4.69. The Morgan fingerprint density at radius 3 is 2.67 bits per heavy atom. The van der Waals surface area contributed by atoms with Gasteiger partial charge in [-0.05, 0) is 25.7 Å². The van der Waals surface area contributed by atoms with Crippen molar-refractivity contribution in [1.82, 2.24) is 10.4 Å². The number of methoxy groups -OCH3 is 1. The minimum Gasteiger partial charge on any atom is -0.468 e. The van der Waals surface area contributed by atoms with Gasteiger partial charge in [0.2, 0.25) is 5.91 Å². The van der Waals surface area contributed by atoms with Crippen molar-refractivity contribution < 1.29 is 14.3 Å². The zero-order valence-electron chi connectivity index (χ0n) is 8.86. The molecule has 2 rings (SSSR count). The molecule has 84 valence electrons. The molecule has 1 atom stereocenters.